The molecule has 0 aromatic rings. The Bertz CT molecular complexity index is 214. The highest BCUT2D eigenvalue weighted by atomic mass is 16.4. The van der Waals surface area contributed by atoms with Crippen molar-refractivity contribution in [1.29, 1.82) is 0 Å². The topological polar surface area (TPSA) is 74.6 Å². The molecule has 0 aromatic carbocycles. The number of carboxylic acids is 2. The highest BCUT2D eigenvalue weighted by Gasteiger charge is 2.09. The van der Waals surface area contributed by atoms with Crippen LogP contribution >= 0.6 is 0 Å². The van der Waals surface area contributed by atoms with Crippen LogP contribution < -0.4 is 0 Å². The van der Waals surface area contributed by atoms with Crippen molar-refractivity contribution >= 4 is 11.9 Å². The maximum absolute atomic E-state index is 10.2. The Morgan fingerprint density at radius 2 is 1.91 bits per heavy atom. The maximum Gasteiger partial charge on any atom is 0.332 e. The van der Waals surface area contributed by atoms with E-state index in [1.54, 1.807) is 0 Å². The Morgan fingerprint density at radius 3 is 2.18 bits per heavy atom. The molecule has 0 radical (unpaired) electrons. The van der Waals surface area contributed by atoms with Gasteiger partial charge >= 0.3 is 11.9 Å². The van der Waals surface area contributed by atoms with Gasteiger partial charge in [-0.25, -0.2) is 4.79 Å². The fraction of sp³-hybridized carbons (Fsp3) is 0.143. The lowest BCUT2D eigenvalue weighted by molar-refractivity contribution is -0.139. The first kappa shape index (κ1) is 9.42. The predicted molar refractivity (Wildman–Crippen MR) is 38.2 cm³/mol. The van der Waals surface area contributed by atoms with Gasteiger partial charge in [0.1, 0.15) is 0 Å². The lowest BCUT2D eigenvalue weighted by Crippen LogP contribution is -2.06. The molecule has 4 heteroatoms. The molecule has 0 aliphatic heterocycles. The van der Waals surface area contributed by atoms with Crippen LogP contribution in [-0.4, -0.2) is 22.2 Å². The number of allylic oxidation sites excluding steroid dienone is 2. The largest absolute Gasteiger partial charge is 0.481 e. The van der Waals surface area contributed by atoms with Crippen LogP contribution in [-0.2, 0) is 9.59 Å². The second-order valence-electron chi connectivity index (χ2n) is 1.80. The van der Waals surface area contributed by atoms with E-state index in [2.05, 4.69) is 6.58 Å². The molecule has 0 atom stereocenters. The SMILES string of the molecule is C=CC=C(CC(=O)O)C(=O)O. The monoisotopic (exact) mass is 156 g/mol. The normalized spacial score (nSPS) is 10.7. The van der Waals surface area contributed by atoms with Gasteiger partial charge in [0.2, 0.25) is 0 Å². The molecule has 0 heterocycles. The van der Waals surface area contributed by atoms with Crippen LogP contribution in [0, 0.1) is 0 Å². The molecule has 0 aliphatic rings. The summed E-state index contributed by atoms with van der Waals surface area (Å²) in [6.07, 6.45) is 1.92. The van der Waals surface area contributed by atoms with Crippen molar-refractivity contribution in [3.05, 3.63) is 24.3 Å². The molecule has 0 fully saturated rings. The van der Waals surface area contributed by atoms with Crippen LogP contribution in [0.3, 0.4) is 0 Å². The lowest BCUT2D eigenvalue weighted by Gasteiger charge is -1.94. The zero-order chi connectivity index (χ0) is 8.85. The first-order valence-electron chi connectivity index (χ1n) is 2.84. The second kappa shape index (κ2) is 4.27. The van der Waals surface area contributed by atoms with E-state index in [9.17, 15) is 9.59 Å². The van der Waals surface area contributed by atoms with Crippen molar-refractivity contribution in [2.45, 2.75) is 6.42 Å². The van der Waals surface area contributed by atoms with E-state index in [0.29, 0.717) is 0 Å². The van der Waals surface area contributed by atoms with Gasteiger partial charge in [-0.3, -0.25) is 4.79 Å². The minimum Gasteiger partial charge on any atom is -0.481 e. The number of rotatable bonds is 4. The molecule has 0 saturated heterocycles. The number of carbonyl (C=O) groups is 2. The number of carboxylic acid groups (broad SMARTS) is 2. The average molecular weight is 156 g/mol. The van der Waals surface area contributed by atoms with Gasteiger partial charge < -0.3 is 10.2 Å². The first-order chi connectivity index (χ1) is 5.07. The third-order valence-corrected chi connectivity index (χ3v) is 0.935. The van der Waals surface area contributed by atoms with Crippen LogP contribution in [0.1, 0.15) is 6.42 Å². The third kappa shape index (κ3) is 3.91. The van der Waals surface area contributed by atoms with E-state index in [0.717, 1.165) is 6.08 Å². The van der Waals surface area contributed by atoms with Crippen molar-refractivity contribution in [1.82, 2.24) is 0 Å². The Kier molecular flexibility index (Phi) is 3.66. The fourth-order valence-corrected chi connectivity index (χ4v) is 0.511. The van der Waals surface area contributed by atoms with Crippen LogP contribution in [0.15, 0.2) is 24.3 Å². The smallest absolute Gasteiger partial charge is 0.332 e. The number of hydrogen-bond donors (Lipinski definition) is 2. The van der Waals surface area contributed by atoms with E-state index in [1.165, 1.54) is 6.08 Å². The minimum absolute atomic E-state index is 0.174. The van der Waals surface area contributed by atoms with E-state index >= 15 is 0 Å². The highest BCUT2D eigenvalue weighted by Crippen LogP contribution is 2.00. The van der Waals surface area contributed by atoms with Gasteiger partial charge in [0.05, 0.1) is 6.42 Å². The Labute approximate surface area is 63.5 Å². The standard InChI is InChI=1S/C7H8O4/c1-2-3-5(7(10)11)4-6(8)9/h2-3H,1,4H2,(H,8,9)(H,10,11). The zero-order valence-corrected chi connectivity index (χ0v) is 5.78. The molecule has 0 unspecified atom stereocenters. The van der Waals surface area contributed by atoms with Crippen molar-refractivity contribution in [2.24, 2.45) is 0 Å². The summed E-state index contributed by atoms with van der Waals surface area (Å²) in [6.45, 7) is 3.26. The summed E-state index contributed by atoms with van der Waals surface area (Å²) in [5, 5.41) is 16.6. The van der Waals surface area contributed by atoms with Crippen LogP contribution in [0.4, 0.5) is 0 Å². The summed E-state index contributed by atoms with van der Waals surface area (Å²) >= 11 is 0. The van der Waals surface area contributed by atoms with Gasteiger partial charge in [-0.1, -0.05) is 18.7 Å². The van der Waals surface area contributed by atoms with Gasteiger partial charge in [-0.15, -0.1) is 0 Å². The first-order valence-corrected chi connectivity index (χ1v) is 2.84. The third-order valence-electron chi connectivity index (χ3n) is 0.935. The molecular formula is C7H8O4. The Balaban J connectivity index is 4.35. The van der Waals surface area contributed by atoms with E-state index in [1.807, 2.05) is 0 Å². The van der Waals surface area contributed by atoms with Gasteiger partial charge in [-0.05, 0) is 0 Å². The molecule has 0 aromatic heterocycles. The van der Waals surface area contributed by atoms with Gasteiger partial charge in [0.15, 0.2) is 0 Å². The van der Waals surface area contributed by atoms with Crippen LogP contribution in [0.5, 0.6) is 0 Å². The van der Waals surface area contributed by atoms with E-state index < -0.39 is 18.4 Å². The summed E-state index contributed by atoms with van der Waals surface area (Å²) < 4.78 is 0. The molecular weight excluding hydrogens is 148 g/mol. The molecule has 11 heavy (non-hydrogen) atoms. The number of aliphatic carboxylic acids is 2. The molecule has 4 nitrogen and oxygen atoms in total. The van der Waals surface area contributed by atoms with Gasteiger partial charge in [-0.2, -0.15) is 0 Å². The summed E-state index contributed by atoms with van der Waals surface area (Å²) in [6, 6.07) is 0. The fourth-order valence-electron chi connectivity index (χ4n) is 0.511. The molecule has 0 amide bonds. The number of hydrogen-bond acceptors (Lipinski definition) is 2. The zero-order valence-electron chi connectivity index (χ0n) is 5.78. The quantitative estimate of drug-likeness (QED) is 0.463. The van der Waals surface area contributed by atoms with Crippen LogP contribution in [0.2, 0.25) is 0 Å². The summed E-state index contributed by atoms with van der Waals surface area (Å²) in [4.78, 5) is 20.3. The minimum atomic E-state index is -1.23. The highest BCUT2D eigenvalue weighted by molar-refractivity contribution is 5.92. The van der Waals surface area contributed by atoms with Crippen molar-refractivity contribution in [3.63, 3.8) is 0 Å². The van der Waals surface area contributed by atoms with Crippen LogP contribution in [0.25, 0.3) is 0 Å². The van der Waals surface area contributed by atoms with Crippen molar-refractivity contribution in [3.8, 4) is 0 Å². The second-order valence-corrected chi connectivity index (χ2v) is 1.80. The maximum atomic E-state index is 10.2. The summed E-state index contributed by atoms with van der Waals surface area (Å²) in [5.41, 5.74) is -0.174. The van der Waals surface area contributed by atoms with Crippen molar-refractivity contribution < 1.29 is 19.8 Å². The van der Waals surface area contributed by atoms with E-state index in [4.69, 9.17) is 10.2 Å². The molecule has 2 N–H and O–H groups in total. The van der Waals surface area contributed by atoms with E-state index in [-0.39, 0.29) is 5.57 Å². The van der Waals surface area contributed by atoms with Gasteiger partial charge in [0, 0.05) is 5.57 Å². The average Bonchev–Trinajstić information content (AvgIpc) is 1.86. The summed E-state index contributed by atoms with van der Waals surface area (Å²) in [7, 11) is 0. The summed E-state index contributed by atoms with van der Waals surface area (Å²) in [5.74, 6) is -2.40. The van der Waals surface area contributed by atoms with Crippen molar-refractivity contribution in [2.75, 3.05) is 0 Å². The Hall–Kier alpha value is -1.58. The predicted octanol–water partition coefficient (Wildman–Crippen LogP) is 0.658. The molecule has 0 aliphatic carbocycles. The molecule has 60 valence electrons. The lowest BCUT2D eigenvalue weighted by atomic mass is 10.2. The Morgan fingerprint density at radius 1 is 1.36 bits per heavy atom. The molecule has 0 saturated carbocycles. The molecule has 0 rings (SSSR count). The molecule has 0 bridgehead atoms. The molecule has 0 spiro atoms. The van der Waals surface area contributed by atoms with Gasteiger partial charge in [0.25, 0.3) is 0 Å².